The second-order valence-electron chi connectivity index (χ2n) is 5.70. The number of nitrogens with two attached hydrogens (primary N) is 1. The zero-order valence-electron chi connectivity index (χ0n) is 16.4. The van der Waals surface area contributed by atoms with E-state index in [4.69, 9.17) is 10.5 Å². The molecule has 0 saturated carbocycles. The van der Waals surface area contributed by atoms with Gasteiger partial charge in [-0.25, -0.2) is 0 Å². The Bertz CT molecular complexity index is 945. The van der Waals surface area contributed by atoms with Crippen LogP contribution >= 0.6 is 11.8 Å². The van der Waals surface area contributed by atoms with Crippen LogP contribution < -0.4 is 15.8 Å². The highest BCUT2D eigenvalue weighted by molar-refractivity contribution is 7.98. The van der Waals surface area contributed by atoms with E-state index in [2.05, 4.69) is 5.32 Å². The van der Waals surface area contributed by atoms with E-state index < -0.39 is 11.7 Å². The van der Waals surface area contributed by atoms with Crippen molar-refractivity contribution in [1.82, 2.24) is 0 Å². The Balaban J connectivity index is 0.00000145. The molecule has 29 heavy (non-hydrogen) atoms. The van der Waals surface area contributed by atoms with Crippen molar-refractivity contribution >= 4 is 28.8 Å². The molecule has 0 aliphatic rings. The second kappa shape index (κ2) is 10.1. The summed E-state index contributed by atoms with van der Waals surface area (Å²) in [6, 6.07) is 18.3. The van der Waals surface area contributed by atoms with Crippen molar-refractivity contribution < 1.29 is 17.9 Å². The molecule has 0 aromatic heterocycles. The minimum absolute atomic E-state index is 0.186. The molecule has 3 N–H and O–H groups in total. The van der Waals surface area contributed by atoms with Gasteiger partial charge in [0.15, 0.2) is 0 Å². The van der Waals surface area contributed by atoms with E-state index in [1.807, 2.05) is 44.4 Å². The minimum atomic E-state index is -4.50. The number of benzene rings is 3. The quantitative estimate of drug-likeness (QED) is 0.330. The van der Waals surface area contributed by atoms with Crippen LogP contribution in [-0.4, -0.2) is 6.26 Å². The van der Waals surface area contributed by atoms with E-state index in [1.54, 1.807) is 36.0 Å². The van der Waals surface area contributed by atoms with Gasteiger partial charge in [-0.2, -0.15) is 13.2 Å². The van der Waals surface area contributed by atoms with Gasteiger partial charge in [-0.05, 0) is 48.7 Å². The summed E-state index contributed by atoms with van der Waals surface area (Å²) in [5.74, 6) is 1.24. The third-order valence-corrected chi connectivity index (χ3v) is 4.53. The van der Waals surface area contributed by atoms with Crippen molar-refractivity contribution in [2.45, 2.75) is 24.9 Å². The molecule has 3 nitrogen and oxygen atoms in total. The molecule has 0 heterocycles. The van der Waals surface area contributed by atoms with E-state index in [-0.39, 0.29) is 11.4 Å². The smallest absolute Gasteiger partial charge is 0.418 e. The lowest BCUT2D eigenvalue weighted by atomic mass is 10.1. The van der Waals surface area contributed by atoms with E-state index in [0.29, 0.717) is 17.2 Å². The lowest BCUT2D eigenvalue weighted by Crippen LogP contribution is -2.10. The third kappa shape index (κ3) is 6.09. The van der Waals surface area contributed by atoms with Gasteiger partial charge in [0.2, 0.25) is 0 Å². The summed E-state index contributed by atoms with van der Waals surface area (Å²) in [6.45, 7) is 4.00. The Morgan fingerprint density at radius 3 is 2.17 bits per heavy atom. The molecule has 0 atom stereocenters. The zero-order valence-corrected chi connectivity index (χ0v) is 17.2. The first-order valence-electron chi connectivity index (χ1n) is 9.01. The van der Waals surface area contributed by atoms with Crippen LogP contribution in [0.5, 0.6) is 11.5 Å². The van der Waals surface area contributed by atoms with Gasteiger partial charge in [-0.15, -0.1) is 11.8 Å². The molecule has 0 bridgehead atoms. The number of hydrogen-bond acceptors (Lipinski definition) is 4. The molecular formula is C22H23F3N2OS. The van der Waals surface area contributed by atoms with Crippen molar-refractivity contribution in [3.63, 3.8) is 0 Å². The predicted molar refractivity (Wildman–Crippen MR) is 115 cm³/mol. The maximum absolute atomic E-state index is 13.0. The van der Waals surface area contributed by atoms with Crippen LogP contribution in [0.3, 0.4) is 0 Å². The SMILES string of the molecule is CC.CSc1cccc(Oc2cccc(Nc3cccc(C(F)(F)F)c3N)c2)c1. The molecule has 0 amide bonds. The van der Waals surface area contributed by atoms with Crippen LogP contribution in [0.15, 0.2) is 71.6 Å². The van der Waals surface area contributed by atoms with Crippen molar-refractivity contribution in [3.8, 4) is 11.5 Å². The van der Waals surface area contributed by atoms with Gasteiger partial charge in [0.05, 0.1) is 16.9 Å². The average Bonchev–Trinajstić information content (AvgIpc) is 2.71. The Morgan fingerprint density at radius 2 is 1.52 bits per heavy atom. The maximum atomic E-state index is 13.0. The highest BCUT2D eigenvalue weighted by Gasteiger charge is 2.33. The number of anilines is 3. The van der Waals surface area contributed by atoms with Gasteiger partial charge >= 0.3 is 6.18 Å². The van der Waals surface area contributed by atoms with Crippen molar-refractivity contribution in [1.29, 1.82) is 0 Å². The molecule has 0 aliphatic heterocycles. The summed E-state index contributed by atoms with van der Waals surface area (Å²) in [5, 5.41) is 2.92. The van der Waals surface area contributed by atoms with Crippen molar-refractivity contribution in [2.24, 2.45) is 0 Å². The standard InChI is InChI=1S/C20H17F3N2OS.C2H6/c1-27-16-8-3-7-15(12-16)26-14-6-2-5-13(11-14)25-18-10-4-9-17(19(18)24)20(21,22)23;1-2/h2-12,25H,24H2,1H3;1-2H3. The fourth-order valence-electron chi connectivity index (χ4n) is 2.52. The lowest BCUT2D eigenvalue weighted by molar-refractivity contribution is -0.136. The van der Waals surface area contributed by atoms with Crippen LogP contribution in [0.4, 0.5) is 30.2 Å². The summed E-state index contributed by atoms with van der Waals surface area (Å²) in [6.07, 6.45) is -2.53. The molecule has 0 aliphatic carbocycles. The molecule has 154 valence electrons. The van der Waals surface area contributed by atoms with Crippen LogP contribution in [0.25, 0.3) is 0 Å². The highest BCUT2D eigenvalue weighted by atomic mass is 32.2. The molecule has 7 heteroatoms. The second-order valence-corrected chi connectivity index (χ2v) is 6.58. The van der Waals surface area contributed by atoms with Crippen LogP contribution in [0, 0.1) is 0 Å². The summed E-state index contributed by atoms with van der Waals surface area (Å²) >= 11 is 1.61. The Kier molecular flexibility index (Phi) is 7.84. The molecule has 0 spiro atoms. The van der Waals surface area contributed by atoms with Gasteiger partial charge in [0.1, 0.15) is 11.5 Å². The van der Waals surface area contributed by atoms with Crippen molar-refractivity contribution in [3.05, 3.63) is 72.3 Å². The number of rotatable bonds is 5. The molecule has 3 rings (SSSR count). The van der Waals surface area contributed by atoms with Gasteiger partial charge in [0, 0.05) is 16.6 Å². The average molecular weight is 421 g/mol. The van der Waals surface area contributed by atoms with E-state index in [9.17, 15) is 13.2 Å². The first-order chi connectivity index (χ1) is 13.9. The summed E-state index contributed by atoms with van der Waals surface area (Å²) in [5.41, 5.74) is 5.24. The van der Waals surface area contributed by atoms with Crippen LogP contribution in [0.1, 0.15) is 19.4 Å². The monoisotopic (exact) mass is 420 g/mol. The molecular weight excluding hydrogens is 397 g/mol. The number of nitrogens with one attached hydrogen (secondary N) is 1. The van der Waals surface area contributed by atoms with E-state index in [0.717, 1.165) is 11.0 Å². The molecule has 3 aromatic rings. The van der Waals surface area contributed by atoms with Gasteiger partial charge in [-0.1, -0.05) is 32.0 Å². The number of para-hydroxylation sites is 1. The number of halogens is 3. The summed E-state index contributed by atoms with van der Waals surface area (Å²) < 4.78 is 44.9. The van der Waals surface area contributed by atoms with Gasteiger partial charge in [0.25, 0.3) is 0 Å². The summed E-state index contributed by atoms with van der Waals surface area (Å²) in [7, 11) is 0. The van der Waals surface area contributed by atoms with Crippen molar-refractivity contribution in [2.75, 3.05) is 17.3 Å². The number of thioether (sulfide) groups is 1. The molecule has 0 radical (unpaired) electrons. The molecule has 0 fully saturated rings. The summed E-state index contributed by atoms with van der Waals surface area (Å²) in [4.78, 5) is 1.07. The lowest BCUT2D eigenvalue weighted by Gasteiger charge is -2.15. The Hall–Kier alpha value is -2.80. The van der Waals surface area contributed by atoms with E-state index in [1.165, 1.54) is 12.1 Å². The molecule has 0 saturated heterocycles. The third-order valence-electron chi connectivity index (χ3n) is 3.80. The Morgan fingerprint density at radius 1 is 0.897 bits per heavy atom. The highest BCUT2D eigenvalue weighted by Crippen LogP contribution is 2.38. The molecule has 3 aromatic carbocycles. The number of ether oxygens (including phenoxy) is 1. The number of hydrogen-bond donors (Lipinski definition) is 2. The fraction of sp³-hybridized carbons (Fsp3) is 0.182. The fourth-order valence-corrected chi connectivity index (χ4v) is 2.96. The minimum Gasteiger partial charge on any atom is -0.457 e. The number of nitrogen functional groups attached to an aromatic ring is 1. The topological polar surface area (TPSA) is 47.3 Å². The first kappa shape index (κ1) is 22.5. The Labute approximate surface area is 173 Å². The normalized spacial score (nSPS) is 10.7. The first-order valence-corrected chi connectivity index (χ1v) is 10.2. The van der Waals surface area contributed by atoms with Gasteiger partial charge < -0.3 is 15.8 Å². The van der Waals surface area contributed by atoms with E-state index >= 15 is 0 Å². The largest absolute Gasteiger partial charge is 0.457 e. The van der Waals surface area contributed by atoms with Crippen LogP contribution in [0.2, 0.25) is 0 Å². The molecule has 0 unspecified atom stereocenters. The zero-order chi connectivity index (χ0) is 21.4. The number of alkyl halides is 3. The predicted octanol–water partition coefficient (Wildman–Crippen LogP) is 7.57. The van der Waals surface area contributed by atoms with Crippen LogP contribution in [-0.2, 0) is 6.18 Å². The maximum Gasteiger partial charge on any atom is 0.418 e. The van der Waals surface area contributed by atoms with Gasteiger partial charge in [-0.3, -0.25) is 0 Å².